The Morgan fingerprint density at radius 3 is 2.83 bits per heavy atom. The highest BCUT2D eigenvalue weighted by atomic mass is 16.2. The second-order valence-corrected chi connectivity index (χ2v) is 6.88. The van der Waals surface area contributed by atoms with E-state index in [0.29, 0.717) is 30.6 Å². The maximum atomic E-state index is 12.4. The molecule has 2 aliphatic rings. The summed E-state index contributed by atoms with van der Waals surface area (Å²) in [5.74, 6) is 0.663. The first-order chi connectivity index (χ1) is 11.7. The summed E-state index contributed by atoms with van der Waals surface area (Å²) in [6.07, 6.45) is 5.97. The van der Waals surface area contributed by atoms with E-state index in [4.69, 9.17) is 0 Å². The molecule has 3 rings (SSSR count). The van der Waals surface area contributed by atoms with Crippen molar-refractivity contribution in [1.82, 2.24) is 16.0 Å². The second kappa shape index (κ2) is 7.79. The van der Waals surface area contributed by atoms with Gasteiger partial charge in [-0.15, -0.1) is 0 Å². The van der Waals surface area contributed by atoms with Crippen LogP contribution in [0.1, 0.15) is 54.9 Å². The molecule has 1 saturated heterocycles. The number of benzene rings is 1. The maximum Gasteiger partial charge on any atom is 0.251 e. The van der Waals surface area contributed by atoms with Crippen molar-refractivity contribution in [3.8, 4) is 0 Å². The zero-order valence-corrected chi connectivity index (χ0v) is 14.3. The molecule has 1 heterocycles. The minimum Gasteiger partial charge on any atom is -0.352 e. The first kappa shape index (κ1) is 17.0. The van der Waals surface area contributed by atoms with Gasteiger partial charge in [-0.05, 0) is 49.8 Å². The van der Waals surface area contributed by atoms with E-state index in [1.807, 2.05) is 25.1 Å². The van der Waals surface area contributed by atoms with Crippen molar-refractivity contribution < 1.29 is 9.59 Å². The molecule has 3 unspecified atom stereocenters. The molecule has 3 atom stereocenters. The Hall–Kier alpha value is -1.88. The van der Waals surface area contributed by atoms with Crippen molar-refractivity contribution in [2.24, 2.45) is 5.92 Å². The number of hydrogen-bond acceptors (Lipinski definition) is 3. The third kappa shape index (κ3) is 3.96. The molecule has 0 aromatic heterocycles. The summed E-state index contributed by atoms with van der Waals surface area (Å²) in [7, 11) is 0. The van der Waals surface area contributed by atoms with Crippen molar-refractivity contribution in [2.45, 2.75) is 57.7 Å². The van der Waals surface area contributed by atoms with Crippen LogP contribution in [-0.2, 0) is 11.3 Å². The van der Waals surface area contributed by atoms with Gasteiger partial charge >= 0.3 is 0 Å². The minimum atomic E-state index is -0.0767. The quantitative estimate of drug-likeness (QED) is 0.773. The molecule has 1 aliphatic heterocycles. The fraction of sp³-hybridized carbons (Fsp3) is 0.579. The number of amides is 2. The van der Waals surface area contributed by atoms with E-state index in [-0.39, 0.29) is 17.9 Å². The van der Waals surface area contributed by atoms with Crippen LogP contribution in [0.3, 0.4) is 0 Å². The Kier molecular flexibility index (Phi) is 5.51. The van der Waals surface area contributed by atoms with Gasteiger partial charge in [-0.1, -0.05) is 25.0 Å². The van der Waals surface area contributed by atoms with E-state index < -0.39 is 0 Å². The Bertz CT molecular complexity index is 588. The highest BCUT2D eigenvalue weighted by Crippen LogP contribution is 2.33. The van der Waals surface area contributed by atoms with Crippen LogP contribution in [-0.4, -0.2) is 30.4 Å². The van der Waals surface area contributed by atoms with Crippen LogP contribution in [0.2, 0.25) is 0 Å². The molecule has 0 bridgehead atoms. The maximum absolute atomic E-state index is 12.4. The smallest absolute Gasteiger partial charge is 0.251 e. The number of hydrogen-bond donors (Lipinski definition) is 3. The standard InChI is InChI=1S/C19H27N3O2/c1-2-20-18(23)15-8-5-6-13(10-15)12-21-19(24)17-11-14-7-3-4-9-16(14)22-17/h5-6,8,10,14,16-17,22H,2-4,7,9,11-12H2,1H3,(H,20,23)(H,21,24). The molecule has 24 heavy (non-hydrogen) atoms. The molecule has 1 saturated carbocycles. The second-order valence-electron chi connectivity index (χ2n) is 6.88. The average Bonchev–Trinajstić information content (AvgIpc) is 3.04. The number of carbonyl (C=O) groups is 2. The molecule has 2 amide bonds. The van der Waals surface area contributed by atoms with Crippen LogP contribution in [0, 0.1) is 5.92 Å². The van der Waals surface area contributed by atoms with Crippen LogP contribution in [0.5, 0.6) is 0 Å². The molecular weight excluding hydrogens is 302 g/mol. The summed E-state index contributed by atoms with van der Waals surface area (Å²) < 4.78 is 0. The number of carbonyl (C=O) groups excluding carboxylic acids is 2. The average molecular weight is 329 g/mol. The van der Waals surface area contributed by atoms with Crippen LogP contribution < -0.4 is 16.0 Å². The first-order valence-electron chi connectivity index (χ1n) is 9.08. The third-order valence-corrected chi connectivity index (χ3v) is 5.17. The molecule has 0 spiro atoms. The Morgan fingerprint density at radius 2 is 2.04 bits per heavy atom. The van der Waals surface area contributed by atoms with Gasteiger partial charge in [-0.25, -0.2) is 0 Å². The molecule has 3 N–H and O–H groups in total. The van der Waals surface area contributed by atoms with Crippen molar-refractivity contribution in [1.29, 1.82) is 0 Å². The Balaban J connectivity index is 1.53. The zero-order chi connectivity index (χ0) is 16.9. The van der Waals surface area contributed by atoms with Crippen molar-refractivity contribution in [3.63, 3.8) is 0 Å². The summed E-state index contributed by atoms with van der Waals surface area (Å²) in [4.78, 5) is 24.3. The van der Waals surface area contributed by atoms with Crippen LogP contribution in [0.15, 0.2) is 24.3 Å². The molecule has 1 aromatic rings. The lowest BCUT2D eigenvalue weighted by molar-refractivity contribution is -0.123. The molecule has 2 fully saturated rings. The van der Waals surface area contributed by atoms with Crippen molar-refractivity contribution in [2.75, 3.05) is 6.54 Å². The fourth-order valence-electron chi connectivity index (χ4n) is 3.92. The summed E-state index contributed by atoms with van der Waals surface area (Å²) in [6, 6.07) is 7.88. The van der Waals surface area contributed by atoms with E-state index in [9.17, 15) is 9.59 Å². The summed E-state index contributed by atoms with van der Waals surface area (Å²) in [6.45, 7) is 2.96. The Labute approximate surface area is 143 Å². The van der Waals surface area contributed by atoms with Gasteiger partial charge in [0.1, 0.15) is 0 Å². The molecule has 130 valence electrons. The largest absolute Gasteiger partial charge is 0.352 e. The van der Waals surface area contributed by atoms with E-state index in [1.165, 1.54) is 25.7 Å². The van der Waals surface area contributed by atoms with Gasteiger partial charge < -0.3 is 16.0 Å². The highest BCUT2D eigenvalue weighted by Gasteiger charge is 2.37. The summed E-state index contributed by atoms with van der Waals surface area (Å²) in [5.41, 5.74) is 1.58. The lowest BCUT2D eigenvalue weighted by atomic mass is 9.85. The molecular formula is C19H27N3O2. The van der Waals surface area contributed by atoms with Crippen LogP contribution in [0.4, 0.5) is 0 Å². The first-order valence-corrected chi connectivity index (χ1v) is 9.08. The lowest BCUT2D eigenvalue weighted by Crippen LogP contribution is -2.42. The van der Waals surface area contributed by atoms with E-state index in [1.54, 1.807) is 6.07 Å². The highest BCUT2D eigenvalue weighted by molar-refractivity contribution is 5.94. The SMILES string of the molecule is CCNC(=O)c1cccc(CNC(=O)C2CC3CCCCC3N2)c1. The van der Waals surface area contributed by atoms with Crippen molar-refractivity contribution in [3.05, 3.63) is 35.4 Å². The summed E-state index contributed by atoms with van der Waals surface area (Å²) in [5, 5.41) is 9.31. The number of rotatable bonds is 5. The normalized spacial score (nSPS) is 25.8. The van der Waals surface area contributed by atoms with E-state index >= 15 is 0 Å². The third-order valence-electron chi connectivity index (χ3n) is 5.17. The van der Waals surface area contributed by atoms with E-state index in [0.717, 1.165) is 12.0 Å². The molecule has 5 nitrogen and oxygen atoms in total. The van der Waals surface area contributed by atoms with Crippen LogP contribution in [0.25, 0.3) is 0 Å². The topological polar surface area (TPSA) is 70.2 Å². The minimum absolute atomic E-state index is 0.0651. The van der Waals surface area contributed by atoms with Crippen molar-refractivity contribution >= 4 is 11.8 Å². The van der Waals surface area contributed by atoms with Gasteiger partial charge in [0.2, 0.25) is 5.91 Å². The van der Waals surface area contributed by atoms with E-state index in [2.05, 4.69) is 16.0 Å². The van der Waals surface area contributed by atoms with Gasteiger partial charge in [0.05, 0.1) is 6.04 Å². The molecule has 0 radical (unpaired) electrons. The predicted octanol–water partition coefficient (Wildman–Crippen LogP) is 1.97. The lowest BCUT2D eigenvalue weighted by Gasteiger charge is -2.24. The molecule has 5 heteroatoms. The van der Waals surface area contributed by atoms with Crippen LogP contribution >= 0.6 is 0 Å². The van der Waals surface area contributed by atoms with Gasteiger partial charge in [-0.3, -0.25) is 9.59 Å². The fourth-order valence-corrected chi connectivity index (χ4v) is 3.92. The predicted molar refractivity (Wildman–Crippen MR) is 93.6 cm³/mol. The molecule has 1 aromatic carbocycles. The van der Waals surface area contributed by atoms with Gasteiger partial charge in [0, 0.05) is 24.7 Å². The Morgan fingerprint density at radius 1 is 1.21 bits per heavy atom. The summed E-state index contributed by atoms with van der Waals surface area (Å²) >= 11 is 0. The zero-order valence-electron chi connectivity index (χ0n) is 14.3. The molecule has 1 aliphatic carbocycles. The number of nitrogens with one attached hydrogen (secondary N) is 3. The van der Waals surface area contributed by atoms with Gasteiger partial charge in [-0.2, -0.15) is 0 Å². The monoisotopic (exact) mass is 329 g/mol. The van der Waals surface area contributed by atoms with Gasteiger partial charge in [0.15, 0.2) is 0 Å². The number of fused-ring (bicyclic) bond motifs is 1. The van der Waals surface area contributed by atoms with Gasteiger partial charge in [0.25, 0.3) is 5.91 Å².